The predicted molar refractivity (Wildman–Crippen MR) is 115 cm³/mol. The molecule has 2 aromatic carbocycles. The van der Waals surface area contributed by atoms with Gasteiger partial charge < -0.3 is 10.5 Å². The van der Waals surface area contributed by atoms with Crippen molar-refractivity contribution in [3.05, 3.63) is 47.0 Å². The molecule has 0 aliphatic heterocycles. The smallest absolute Gasteiger partial charge is 0.257 e. The van der Waals surface area contributed by atoms with Crippen molar-refractivity contribution in [3.63, 3.8) is 0 Å². The van der Waals surface area contributed by atoms with Gasteiger partial charge in [-0.05, 0) is 54.6 Å². The normalized spacial score (nSPS) is 14.0. The number of nitrogens with zero attached hydrogens (tertiary/aromatic N) is 3. The van der Waals surface area contributed by atoms with E-state index < -0.39 is 13.0 Å². The molecule has 1 heterocycles. The number of fused-ring (bicyclic) bond motifs is 1. The molecule has 0 atom stereocenters. The maximum absolute atomic E-state index is 13.2. The van der Waals surface area contributed by atoms with Crippen molar-refractivity contribution >= 4 is 46.0 Å². The van der Waals surface area contributed by atoms with Crippen molar-refractivity contribution in [1.82, 2.24) is 9.78 Å². The Morgan fingerprint density at radius 1 is 1.28 bits per heavy atom. The summed E-state index contributed by atoms with van der Waals surface area (Å²) in [5.74, 6) is 1.34. The monoisotopic (exact) mass is 438 g/mol. The Bertz CT molecular complexity index is 1010. The summed E-state index contributed by atoms with van der Waals surface area (Å²) in [6.45, 7) is 0.0165. The molecular weight excluding hydrogens is 418 g/mol. The molecule has 0 amide bonds. The number of nitrogens with two attached hydrogens (primary N) is 1. The fraction of sp³-hybridized carbons (Fsp3) is 0.350. The molecular formula is C20H21ClF2N4OS. The van der Waals surface area contributed by atoms with Crippen LogP contribution in [0, 0.1) is 0 Å². The first-order valence-corrected chi connectivity index (χ1v) is 10.5. The van der Waals surface area contributed by atoms with Crippen molar-refractivity contribution in [2.24, 2.45) is 0 Å². The molecule has 29 heavy (non-hydrogen) atoms. The number of alkyl halides is 2. The van der Waals surface area contributed by atoms with Gasteiger partial charge in [0.1, 0.15) is 12.3 Å². The van der Waals surface area contributed by atoms with Crippen LogP contribution in [0.15, 0.2) is 36.4 Å². The Labute approximate surface area is 176 Å². The molecule has 154 valence electrons. The molecule has 1 aliphatic carbocycles. The number of rotatable bonds is 8. The maximum Gasteiger partial charge on any atom is 0.257 e. The number of aromatic nitrogens is 2. The van der Waals surface area contributed by atoms with E-state index in [2.05, 4.69) is 5.10 Å². The highest BCUT2D eigenvalue weighted by Gasteiger charge is 2.29. The lowest BCUT2D eigenvalue weighted by Crippen LogP contribution is -2.17. The van der Waals surface area contributed by atoms with Crippen LogP contribution in [0.5, 0.6) is 5.75 Å². The number of ether oxygens (including phenoxy) is 1. The predicted octanol–water partition coefficient (Wildman–Crippen LogP) is 5.36. The highest BCUT2D eigenvalue weighted by Crippen LogP contribution is 2.44. The summed E-state index contributed by atoms with van der Waals surface area (Å²) in [6.07, 6.45) is -0.305. The van der Waals surface area contributed by atoms with Crippen LogP contribution >= 0.6 is 23.5 Å². The number of benzene rings is 2. The first kappa shape index (κ1) is 20.1. The summed E-state index contributed by atoms with van der Waals surface area (Å²) in [5, 5.41) is 6.05. The van der Waals surface area contributed by atoms with Crippen LogP contribution in [0.4, 0.5) is 20.3 Å². The van der Waals surface area contributed by atoms with Gasteiger partial charge in [0.2, 0.25) is 0 Å². The van der Waals surface area contributed by atoms with Crippen LogP contribution in [0.25, 0.3) is 10.9 Å². The van der Waals surface area contributed by atoms with Crippen molar-refractivity contribution in [2.45, 2.75) is 37.6 Å². The van der Waals surface area contributed by atoms with E-state index in [4.69, 9.17) is 22.1 Å². The second kappa shape index (κ2) is 8.28. The molecule has 4 rings (SSSR count). The van der Waals surface area contributed by atoms with Crippen LogP contribution in [0.1, 0.15) is 18.4 Å². The zero-order valence-electron chi connectivity index (χ0n) is 15.8. The van der Waals surface area contributed by atoms with E-state index in [0.717, 1.165) is 24.2 Å². The van der Waals surface area contributed by atoms with Gasteiger partial charge in [-0.1, -0.05) is 23.7 Å². The average molecular weight is 439 g/mol. The Morgan fingerprint density at radius 2 is 2.00 bits per heavy atom. The molecule has 1 aliphatic rings. The first-order chi connectivity index (χ1) is 14.0. The molecule has 9 heteroatoms. The number of halogens is 3. The molecule has 3 aromatic rings. The van der Waals surface area contributed by atoms with Crippen molar-refractivity contribution in [1.29, 1.82) is 0 Å². The molecule has 0 spiro atoms. The maximum atomic E-state index is 13.2. The number of hydrogen-bond acceptors (Lipinski definition) is 5. The van der Waals surface area contributed by atoms with Crippen molar-refractivity contribution in [3.8, 4) is 5.75 Å². The van der Waals surface area contributed by atoms with Crippen LogP contribution in [0.2, 0.25) is 5.02 Å². The summed E-state index contributed by atoms with van der Waals surface area (Å²) in [4.78, 5) is 0. The fourth-order valence-electron chi connectivity index (χ4n) is 3.14. The average Bonchev–Trinajstić information content (AvgIpc) is 3.43. The second-order valence-corrected chi connectivity index (χ2v) is 8.67. The number of methoxy groups -OCH3 is 1. The van der Waals surface area contributed by atoms with E-state index in [0.29, 0.717) is 39.2 Å². The molecule has 1 fully saturated rings. The van der Waals surface area contributed by atoms with E-state index in [9.17, 15) is 8.78 Å². The zero-order valence-corrected chi connectivity index (χ0v) is 17.4. The Morgan fingerprint density at radius 3 is 2.62 bits per heavy atom. The molecule has 0 radical (unpaired) electrons. The minimum atomic E-state index is -2.55. The largest absolute Gasteiger partial charge is 0.497 e. The Hall–Kier alpha value is -2.19. The minimum Gasteiger partial charge on any atom is -0.497 e. The number of anilines is 2. The van der Waals surface area contributed by atoms with Gasteiger partial charge in [-0.15, -0.1) is 0 Å². The van der Waals surface area contributed by atoms with Crippen LogP contribution in [0.3, 0.4) is 0 Å². The first-order valence-electron chi connectivity index (χ1n) is 9.26. The quantitative estimate of drug-likeness (QED) is 0.379. The van der Waals surface area contributed by atoms with E-state index in [1.807, 2.05) is 28.6 Å². The number of nitrogen functional groups attached to an aromatic ring is 1. The topological polar surface area (TPSA) is 56.3 Å². The van der Waals surface area contributed by atoms with E-state index in [-0.39, 0.29) is 0 Å². The summed E-state index contributed by atoms with van der Waals surface area (Å²) >= 11 is 8.14. The lowest BCUT2D eigenvalue weighted by molar-refractivity contribution is 0.123. The zero-order chi connectivity index (χ0) is 20.5. The third kappa shape index (κ3) is 4.38. The van der Waals surface area contributed by atoms with Crippen LogP contribution < -0.4 is 14.8 Å². The third-order valence-corrected chi connectivity index (χ3v) is 6.33. The van der Waals surface area contributed by atoms with Gasteiger partial charge in [0.15, 0.2) is 5.82 Å². The van der Waals surface area contributed by atoms with Gasteiger partial charge in [-0.3, -0.25) is 8.99 Å². The van der Waals surface area contributed by atoms with Gasteiger partial charge in [0.25, 0.3) is 6.43 Å². The Balaban J connectivity index is 1.77. The number of hydrogen-bond donors (Lipinski definition) is 1. The summed E-state index contributed by atoms with van der Waals surface area (Å²) < 4.78 is 34.9. The van der Waals surface area contributed by atoms with Gasteiger partial charge in [0.05, 0.1) is 35.3 Å². The lowest BCUT2D eigenvalue weighted by atomic mass is 10.2. The summed E-state index contributed by atoms with van der Waals surface area (Å²) in [7, 11) is 1.62. The lowest BCUT2D eigenvalue weighted by Gasteiger charge is -2.22. The summed E-state index contributed by atoms with van der Waals surface area (Å²) in [5.41, 5.74) is 7.99. The van der Waals surface area contributed by atoms with Crippen LogP contribution in [-0.4, -0.2) is 28.6 Å². The molecule has 2 N–H and O–H groups in total. The van der Waals surface area contributed by atoms with Crippen LogP contribution in [-0.2, 0) is 13.1 Å². The molecule has 0 saturated heterocycles. The van der Waals surface area contributed by atoms with Gasteiger partial charge in [0, 0.05) is 5.25 Å². The molecule has 1 aromatic heterocycles. The molecule has 0 bridgehead atoms. The standard InChI is InChI=1S/C20H21ClF2N4OS/c1-28-13-4-2-12(3-5-13)10-27(29-14-6-7-14)20-18-15(21)8-9-16(24)19(18)26(25-20)11-17(22)23/h2-5,8-9,14,17H,6-7,10-11,24H2,1H3. The van der Waals surface area contributed by atoms with E-state index in [1.165, 1.54) is 4.68 Å². The van der Waals surface area contributed by atoms with Crippen molar-refractivity contribution < 1.29 is 13.5 Å². The highest BCUT2D eigenvalue weighted by molar-refractivity contribution is 8.01. The minimum absolute atomic E-state index is 0.379. The van der Waals surface area contributed by atoms with E-state index >= 15 is 0 Å². The van der Waals surface area contributed by atoms with Crippen molar-refractivity contribution in [2.75, 3.05) is 17.1 Å². The second-order valence-electron chi connectivity index (χ2n) is 6.95. The van der Waals surface area contributed by atoms with E-state index in [1.54, 1.807) is 31.2 Å². The molecule has 5 nitrogen and oxygen atoms in total. The SMILES string of the molecule is COc1ccc(CN(SC2CC2)c2nn(CC(F)F)c3c(N)ccc(Cl)c23)cc1. The highest BCUT2D eigenvalue weighted by atomic mass is 35.5. The third-order valence-electron chi connectivity index (χ3n) is 4.69. The fourth-order valence-corrected chi connectivity index (χ4v) is 4.53. The molecule has 0 unspecified atom stereocenters. The van der Waals surface area contributed by atoms with Gasteiger partial charge in [-0.2, -0.15) is 5.10 Å². The van der Waals surface area contributed by atoms with Gasteiger partial charge >= 0.3 is 0 Å². The summed E-state index contributed by atoms with van der Waals surface area (Å²) in [6, 6.07) is 11.1. The van der Waals surface area contributed by atoms with Gasteiger partial charge in [-0.25, -0.2) is 8.78 Å². The Kier molecular flexibility index (Phi) is 5.74. The molecule has 1 saturated carbocycles.